The number of hydrogen-bond donors (Lipinski definition) is 0. The maximum absolute atomic E-state index is 13.6. The Morgan fingerprint density at radius 3 is 2.97 bits per heavy atom. The zero-order chi connectivity index (χ0) is 21.3. The van der Waals surface area contributed by atoms with Gasteiger partial charge < -0.3 is 4.74 Å². The van der Waals surface area contributed by atoms with Gasteiger partial charge in [0.15, 0.2) is 0 Å². The van der Waals surface area contributed by atoms with E-state index in [1.807, 2.05) is 25.1 Å². The molecule has 4 rings (SSSR count). The Hall–Kier alpha value is -3.04. The van der Waals surface area contributed by atoms with Crippen LogP contribution in [0.5, 0.6) is 0 Å². The number of rotatable bonds is 5. The van der Waals surface area contributed by atoms with Crippen LogP contribution < -0.4 is 0 Å². The highest BCUT2D eigenvalue weighted by Gasteiger charge is 2.28. The molecule has 30 heavy (non-hydrogen) atoms. The van der Waals surface area contributed by atoms with Gasteiger partial charge in [0.05, 0.1) is 10.4 Å². The number of carbonyl (C=O) groups excluding carboxylic acids is 1. The summed E-state index contributed by atoms with van der Waals surface area (Å²) in [7, 11) is 0. The molecule has 1 aliphatic carbocycles. The normalized spacial score (nSPS) is 14.9. The van der Waals surface area contributed by atoms with E-state index in [9.17, 15) is 9.18 Å². The average Bonchev–Trinajstić information content (AvgIpc) is 3.37. The average molecular weight is 421 g/mol. The molecule has 1 aromatic heterocycles. The van der Waals surface area contributed by atoms with Crippen molar-refractivity contribution in [3.8, 4) is 27.1 Å². The van der Waals surface area contributed by atoms with Crippen LogP contribution in [0.1, 0.15) is 54.5 Å². The van der Waals surface area contributed by atoms with Crippen molar-refractivity contribution in [2.75, 3.05) is 0 Å². The minimum Gasteiger partial charge on any atom is -0.457 e. The van der Waals surface area contributed by atoms with E-state index in [1.54, 1.807) is 18.3 Å². The van der Waals surface area contributed by atoms with Crippen LogP contribution in [0.25, 0.3) is 21.0 Å². The molecular weight excluding hydrogens is 399 g/mol. The van der Waals surface area contributed by atoms with E-state index in [0.717, 1.165) is 51.4 Å². The largest absolute Gasteiger partial charge is 0.457 e. The van der Waals surface area contributed by atoms with Crippen LogP contribution in [0, 0.1) is 24.1 Å². The molecule has 0 saturated heterocycles. The quantitative estimate of drug-likeness (QED) is 0.466. The first-order chi connectivity index (χ1) is 14.5. The predicted octanol–water partition coefficient (Wildman–Crippen LogP) is 6.13. The van der Waals surface area contributed by atoms with Gasteiger partial charge in [0, 0.05) is 18.2 Å². The van der Waals surface area contributed by atoms with Crippen molar-refractivity contribution in [1.82, 2.24) is 4.98 Å². The standard InChI is InChI=1S/C24H21FN2O2S/c1-3-4-23(28)29-21-10-8-17-14(2)18(6-7-19(17)21)24-27-13-22(30-24)15-5-9-20(25)16(11-15)12-26/h5-7,9,11,13,21H,3-4,8,10H2,1-2H3. The highest BCUT2D eigenvalue weighted by atomic mass is 32.1. The van der Waals surface area contributed by atoms with Gasteiger partial charge in [0.25, 0.3) is 0 Å². The minimum absolute atomic E-state index is 0.0276. The molecule has 0 amide bonds. The number of nitrogens with zero attached hydrogens (tertiary/aromatic N) is 2. The summed E-state index contributed by atoms with van der Waals surface area (Å²) in [6, 6.07) is 10.5. The monoisotopic (exact) mass is 420 g/mol. The van der Waals surface area contributed by atoms with Gasteiger partial charge in [0.2, 0.25) is 0 Å². The summed E-state index contributed by atoms with van der Waals surface area (Å²) in [5, 5.41) is 9.95. The van der Waals surface area contributed by atoms with Gasteiger partial charge in [-0.25, -0.2) is 9.37 Å². The minimum atomic E-state index is -0.519. The fourth-order valence-corrected chi connectivity index (χ4v) is 4.91. The molecule has 1 aliphatic rings. The molecule has 3 aromatic rings. The third-order valence-electron chi connectivity index (χ3n) is 5.47. The summed E-state index contributed by atoms with van der Waals surface area (Å²) in [5.41, 5.74) is 5.33. The zero-order valence-electron chi connectivity index (χ0n) is 16.9. The molecule has 0 aliphatic heterocycles. The van der Waals surface area contributed by atoms with Gasteiger partial charge >= 0.3 is 5.97 Å². The fourth-order valence-electron chi connectivity index (χ4n) is 3.91. The van der Waals surface area contributed by atoms with Gasteiger partial charge in [-0.3, -0.25) is 4.79 Å². The molecule has 1 atom stereocenters. The first-order valence-electron chi connectivity index (χ1n) is 10.00. The van der Waals surface area contributed by atoms with Crippen LogP contribution in [0.4, 0.5) is 4.39 Å². The zero-order valence-corrected chi connectivity index (χ0v) is 17.7. The molecular formula is C24H21FN2O2S. The van der Waals surface area contributed by atoms with Crippen molar-refractivity contribution in [2.24, 2.45) is 0 Å². The molecule has 0 spiro atoms. The maximum atomic E-state index is 13.6. The number of esters is 1. The first-order valence-corrected chi connectivity index (χ1v) is 10.8. The second-order valence-corrected chi connectivity index (χ2v) is 8.44. The van der Waals surface area contributed by atoms with Crippen molar-refractivity contribution in [1.29, 1.82) is 5.26 Å². The number of benzene rings is 2. The van der Waals surface area contributed by atoms with Crippen molar-refractivity contribution in [3.05, 3.63) is 64.6 Å². The lowest BCUT2D eigenvalue weighted by molar-refractivity contribution is -0.149. The molecule has 0 fully saturated rings. The lowest BCUT2D eigenvalue weighted by Gasteiger charge is -2.15. The van der Waals surface area contributed by atoms with E-state index < -0.39 is 5.82 Å². The third-order valence-corrected chi connectivity index (χ3v) is 6.55. The van der Waals surface area contributed by atoms with Gasteiger partial charge in [-0.1, -0.05) is 25.1 Å². The number of carbonyl (C=O) groups is 1. The summed E-state index contributed by atoms with van der Waals surface area (Å²) in [6.45, 7) is 4.05. The number of hydrogen-bond acceptors (Lipinski definition) is 5. The van der Waals surface area contributed by atoms with E-state index >= 15 is 0 Å². The van der Waals surface area contributed by atoms with Gasteiger partial charge in [-0.15, -0.1) is 11.3 Å². The number of ether oxygens (including phenoxy) is 1. The Balaban J connectivity index is 1.63. The predicted molar refractivity (Wildman–Crippen MR) is 114 cm³/mol. The van der Waals surface area contributed by atoms with E-state index in [0.29, 0.717) is 6.42 Å². The molecule has 2 aromatic carbocycles. The Morgan fingerprint density at radius 1 is 1.37 bits per heavy atom. The highest BCUT2D eigenvalue weighted by molar-refractivity contribution is 7.18. The lowest BCUT2D eigenvalue weighted by Crippen LogP contribution is -2.08. The molecule has 1 unspecified atom stereocenters. The molecule has 1 heterocycles. The molecule has 0 radical (unpaired) electrons. The summed E-state index contributed by atoms with van der Waals surface area (Å²) in [4.78, 5) is 17.4. The molecule has 6 heteroatoms. The summed E-state index contributed by atoms with van der Waals surface area (Å²) >= 11 is 1.51. The van der Waals surface area contributed by atoms with Crippen LogP contribution in [-0.4, -0.2) is 11.0 Å². The topological polar surface area (TPSA) is 63.0 Å². The number of halogens is 1. The Labute approximate surface area is 179 Å². The molecule has 152 valence electrons. The fraction of sp³-hybridized carbons (Fsp3) is 0.292. The highest BCUT2D eigenvalue weighted by Crippen LogP contribution is 2.41. The summed E-state index contributed by atoms with van der Waals surface area (Å²) in [5.74, 6) is -0.660. The van der Waals surface area contributed by atoms with Gasteiger partial charge in [-0.05, 0) is 60.6 Å². The van der Waals surface area contributed by atoms with Crippen LogP contribution in [0.2, 0.25) is 0 Å². The van der Waals surface area contributed by atoms with E-state index in [1.165, 1.54) is 23.0 Å². The van der Waals surface area contributed by atoms with Crippen LogP contribution in [-0.2, 0) is 16.0 Å². The van der Waals surface area contributed by atoms with E-state index in [4.69, 9.17) is 10.00 Å². The van der Waals surface area contributed by atoms with Crippen molar-refractivity contribution >= 4 is 17.3 Å². The van der Waals surface area contributed by atoms with E-state index in [2.05, 4.69) is 11.9 Å². The molecule has 0 saturated carbocycles. The summed E-state index contributed by atoms with van der Waals surface area (Å²) < 4.78 is 19.3. The second kappa shape index (κ2) is 8.37. The Kier molecular flexibility index (Phi) is 5.65. The SMILES string of the molecule is CCCC(=O)OC1CCc2c1ccc(-c1ncc(-c3ccc(F)c(C#N)c3)s1)c2C. The van der Waals surface area contributed by atoms with Crippen molar-refractivity contribution in [2.45, 2.75) is 45.6 Å². The van der Waals surface area contributed by atoms with Gasteiger partial charge in [0.1, 0.15) is 23.0 Å². The van der Waals surface area contributed by atoms with Crippen molar-refractivity contribution in [3.63, 3.8) is 0 Å². The smallest absolute Gasteiger partial charge is 0.306 e. The van der Waals surface area contributed by atoms with E-state index in [-0.39, 0.29) is 17.6 Å². The van der Waals surface area contributed by atoms with Crippen LogP contribution in [0.3, 0.4) is 0 Å². The first kappa shape index (κ1) is 20.2. The van der Waals surface area contributed by atoms with Gasteiger partial charge in [-0.2, -0.15) is 5.26 Å². The summed E-state index contributed by atoms with van der Waals surface area (Å²) in [6.07, 6.45) is 4.51. The van der Waals surface area contributed by atoms with Crippen molar-refractivity contribution < 1.29 is 13.9 Å². The Morgan fingerprint density at radius 2 is 2.20 bits per heavy atom. The maximum Gasteiger partial charge on any atom is 0.306 e. The third kappa shape index (κ3) is 3.73. The lowest BCUT2D eigenvalue weighted by atomic mass is 9.98. The molecule has 0 N–H and O–H groups in total. The second-order valence-electron chi connectivity index (χ2n) is 7.41. The number of nitriles is 1. The number of aromatic nitrogens is 1. The van der Waals surface area contributed by atoms with Crippen LogP contribution in [0.15, 0.2) is 36.5 Å². The Bertz CT molecular complexity index is 1160. The number of thiazole rings is 1. The molecule has 4 nitrogen and oxygen atoms in total. The number of fused-ring (bicyclic) bond motifs is 1. The molecule has 0 bridgehead atoms. The van der Waals surface area contributed by atoms with Crippen LogP contribution >= 0.6 is 11.3 Å².